The number of carbonyl (C=O) groups is 2. The summed E-state index contributed by atoms with van der Waals surface area (Å²) in [6.45, 7) is 1.97. The highest BCUT2D eigenvalue weighted by Gasteiger charge is 2.22. The number of nitrogens with one attached hydrogen (secondary N) is 2. The van der Waals surface area contributed by atoms with Crippen LogP contribution >= 0.6 is 23.1 Å². The average molecular weight is 415 g/mol. The van der Waals surface area contributed by atoms with Crippen LogP contribution in [-0.2, 0) is 9.53 Å². The van der Waals surface area contributed by atoms with Gasteiger partial charge in [0.15, 0.2) is 5.16 Å². The molecule has 144 valence electrons. The van der Waals surface area contributed by atoms with Gasteiger partial charge in [-0.1, -0.05) is 42.1 Å². The molecule has 0 atom stereocenters. The lowest BCUT2D eigenvalue weighted by Crippen LogP contribution is -2.17. The van der Waals surface area contributed by atoms with Crippen LogP contribution < -0.4 is 10.9 Å². The van der Waals surface area contributed by atoms with Crippen molar-refractivity contribution >= 4 is 40.0 Å². The minimum absolute atomic E-state index is 0.0355. The summed E-state index contributed by atoms with van der Waals surface area (Å²) in [6.07, 6.45) is 1.38. The van der Waals surface area contributed by atoms with E-state index in [9.17, 15) is 14.4 Å². The fourth-order valence-corrected chi connectivity index (χ4v) is 4.03. The molecule has 0 radical (unpaired) electrons. The van der Waals surface area contributed by atoms with Gasteiger partial charge in [0, 0.05) is 23.2 Å². The average Bonchev–Trinajstić information content (AvgIpc) is 3.11. The molecule has 1 aromatic carbocycles. The summed E-state index contributed by atoms with van der Waals surface area (Å²) in [5.74, 6) is -0.767. The minimum Gasteiger partial charge on any atom is -0.462 e. The summed E-state index contributed by atoms with van der Waals surface area (Å²) in [7, 11) is 0. The number of ether oxygens (including phenoxy) is 1. The number of esters is 1. The van der Waals surface area contributed by atoms with Crippen LogP contribution in [-0.4, -0.2) is 34.2 Å². The van der Waals surface area contributed by atoms with Gasteiger partial charge in [0.2, 0.25) is 5.91 Å². The van der Waals surface area contributed by atoms with E-state index in [1.165, 1.54) is 23.6 Å². The Labute approximate surface area is 169 Å². The summed E-state index contributed by atoms with van der Waals surface area (Å²) in [5, 5.41) is 5.36. The van der Waals surface area contributed by atoms with Crippen LogP contribution in [0, 0.1) is 0 Å². The summed E-state index contributed by atoms with van der Waals surface area (Å²) in [5.41, 5.74) is 1.62. The number of H-pyrrole nitrogens is 1. The molecular formula is C19H17N3O4S2. The Morgan fingerprint density at radius 3 is 2.75 bits per heavy atom. The van der Waals surface area contributed by atoms with E-state index >= 15 is 0 Å². The molecule has 1 amide bonds. The molecule has 0 unspecified atom stereocenters. The zero-order chi connectivity index (χ0) is 19.9. The Hall–Kier alpha value is -2.91. The number of thioether (sulfide) groups is 1. The number of thiophene rings is 1. The van der Waals surface area contributed by atoms with Crippen LogP contribution in [0.5, 0.6) is 0 Å². The molecule has 0 bridgehead atoms. The van der Waals surface area contributed by atoms with Gasteiger partial charge in [-0.2, -0.15) is 0 Å². The zero-order valence-electron chi connectivity index (χ0n) is 14.9. The van der Waals surface area contributed by atoms with E-state index < -0.39 is 5.97 Å². The summed E-state index contributed by atoms with van der Waals surface area (Å²) < 4.78 is 5.17. The van der Waals surface area contributed by atoms with Gasteiger partial charge in [-0.05, 0) is 12.5 Å². The Kier molecular flexibility index (Phi) is 6.62. The Balaban J connectivity index is 1.79. The van der Waals surface area contributed by atoms with Gasteiger partial charge in [-0.15, -0.1) is 11.3 Å². The van der Waals surface area contributed by atoms with Crippen molar-refractivity contribution < 1.29 is 14.3 Å². The first-order valence-corrected chi connectivity index (χ1v) is 10.3. The highest BCUT2D eigenvalue weighted by Crippen LogP contribution is 2.36. The van der Waals surface area contributed by atoms with Crippen molar-refractivity contribution in [1.82, 2.24) is 9.97 Å². The molecule has 28 heavy (non-hydrogen) atoms. The number of hydrogen-bond acceptors (Lipinski definition) is 7. The van der Waals surface area contributed by atoms with Gasteiger partial charge in [0.1, 0.15) is 10.6 Å². The van der Waals surface area contributed by atoms with E-state index in [2.05, 4.69) is 15.3 Å². The van der Waals surface area contributed by atoms with Crippen LogP contribution in [0.15, 0.2) is 57.9 Å². The number of amides is 1. The maximum absolute atomic E-state index is 12.5. The number of rotatable bonds is 7. The first-order chi connectivity index (χ1) is 13.6. The third kappa shape index (κ3) is 4.87. The highest BCUT2D eigenvalue weighted by atomic mass is 32.2. The largest absolute Gasteiger partial charge is 0.462 e. The van der Waals surface area contributed by atoms with Crippen molar-refractivity contribution in [2.75, 3.05) is 17.7 Å². The molecule has 3 aromatic rings. The smallest absolute Gasteiger partial charge is 0.341 e. The summed E-state index contributed by atoms with van der Waals surface area (Å²) in [6, 6.07) is 10.7. The molecule has 0 aliphatic heterocycles. The lowest BCUT2D eigenvalue weighted by Gasteiger charge is -2.08. The van der Waals surface area contributed by atoms with Gasteiger partial charge in [-0.25, -0.2) is 9.78 Å². The number of hydrogen-bond donors (Lipinski definition) is 2. The molecule has 2 aromatic heterocycles. The van der Waals surface area contributed by atoms with Crippen molar-refractivity contribution in [1.29, 1.82) is 0 Å². The number of anilines is 1. The third-order valence-electron chi connectivity index (χ3n) is 3.60. The lowest BCUT2D eigenvalue weighted by atomic mass is 10.0. The van der Waals surface area contributed by atoms with Crippen LogP contribution in [0.1, 0.15) is 17.3 Å². The normalized spacial score (nSPS) is 10.5. The maximum atomic E-state index is 12.5. The Morgan fingerprint density at radius 2 is 2.04 bits per heavy atom. The van der Waals surface area contributed by atoms with E-state index in [0.717, 1.165) is 17.3 Å². The van der Waals surface area contributed by atoms with Crippen molar-refractivity contribution in [2.24, 2.45) is 0 Å². The quantitative estimate of drug-likeness (QED) is 0.348. The van der Waals surface area contributed by atoms with Crippen molar-refractivity contribution in [3.8, 4) is 11.1 Å². The fourth-order valence-electron chi connectivity index (χ4n) is 2.41. The molecule has 9 heteroatoms. The molecule has 2 N–H and O–H groups in total. The first kappa shape index (κ1) is 19.8. The van der Waals surface area contributed by atoms with Crippen LogP contribution in [0.3, 0.4) is 0 Å². The second-order valence-corrected chi connectivity index (χ2v) is 7.36. The van der Waals surface area contributed by atoms with Gasteiger partial charge < -0.3 is 15.0 Å². The maximum Gasteiger partial charge on any atom is 0.341 e. The molecule has 0 saturated carbocycles. The topological polar surface area (TPSA) is 101 Å². The molecule has 7 nitrogen and oxygen atoms in total. The van der Waals surface area contributed by atoms with Crippen molar-refractivity contribution in [3.63, 3.8) is 0 Å². The van der Waals surface area contributed by atoms with E-state index in [4.69, 9.17) is 4.74 Å². The standard InChI is InChI=1S/C19H17N3O4S2/c1-2-26-18(25)16-13(12-6-4-3-5-7-12)10-27-17(16)21-15(24)11-28-19-20-9-8-14(23)22-19/h3-10H,2,11H2,1H3,(H,21,24)(H,20,22,23). The summed E-state index contributed by atoms with van der Waals surface area (Å²) in [4.78, 5) is 42.7. The zero-order valence-corrected chi connectivity index (χ0v) is 16.6. The van der Waals surface area contributed by atoms with Crippen molar-refractivity contribution in [2.45, 2.75) is 12.1 Å². The van der Waals surface area contributed by atoms with E-state index in [1.807, 2.05) is 35.7 Å². The molecule has 0 spiro atoms. The van der Waals surface area contributed by atoms with Crippen LogP contribution in [0.4, 0.5) is 5.00 Å². The Morgan fingerprint density at radius 1 is 1.25 bits per heavy atom. The van der Waals surface area contributed by atoms with Gasteiger partial charge in [0.25, 0.3) is 5.56 Å². The van der Waals surface area contributed by atoms with E-state index in [-0.39, 0.29) is 23.8 Å². The number of carbonyl (C=O) groups excluding carboxylic acids is 2. The first-order valence-electron chi connectivity index (χ1n) is 8.40. The predicted molar refractivity (Wildman–Crippen MR) is 110 cm³/mol. The molecule has 3 rings (SSSR count). The van der Waals surface area contributed by atoms with Gasteiger partial charge in [0.05, 0.1) is 12.4 Å². The molecule has 2 heterocycles. The second-order valence-electron chi connectivity index (χ2n) is 5.52. The second kappa shape index (κ2) is 9.34. The van der Waals surface area contributed by atoms with Gasteiger partial charge >= 0.3 is 5.97 Å². The van der Waals surface area contributed by atoms with Crippen molar-refractivity contribution in [3.05, 3.63) is 63.9 Å². The van der Waals surface area contributed by atoms with Gasteiger partial charge in [-0.3, -0.25) is 9.59 Å². The predicted octanol–water partition coefficient (Wildman–Crippen LogP) is 3.41. The SMILES string of the molecule is CCOC(=O)c1c(-c2ccccc2)csc1NC(=O)CSc1nccc(=O)[nH]1. The molecule has 0 fully saturated rings. The number of nitrogens with zero attached hydrogens (tertiary/aromatic N) is 1. The fraction of sp³-hybridized carbons (Fsp3) is 0.158. The lowest BCUT2D eigenvalue weighted by molar-refractivity contribution is -0.113. The number of aromatic nitrogens is 2. The molecule has 0 aliphatic rings. The van der Waals surface area contributed by atoms with E-state index in [0.29, 0.717) is 21.3 Å². The minimum atomic E-state index is -0.486. The van der Waals surface area contributed by atoms with Crippen LogP contribution in [0.25, 0.3) is 11.1 Å². The number of aromatic amines is 1. The summed E-state index contributed by atoms with van der Waals surface area (Å²) >= 11 is 2.36. The molecule has 0 aliphatic carbocycles. The number of benzene rings is 1. The monoisotopic (exact) mass is 415 g/mol. The molecular weight excluding hydrogens is 398 g/mol. The van der Waals surface area contributed by atoms with E-state index in [1.54, 1.807) is 6.92 Å². The Bertz CT molecular complexity index is 1030. The highest BCUT2D eigenvalue weighted by molar-refractivity contribution is 7.99. The molecule has 0 saturated heterocycles. The third-order valence-corrected chi connectivity index (χ3v) is 5.38. The van der Waals surface area contributed by atoms with Crippen LogP contribution in [0.2, 0.25) is 0 Å².